The van der Waals surface area contributed by atoms with Gasteiger partial charge in [0.2, 0.25) is 0 Å². The first-order chi connectivity index (χ1) is 9.66. The van der Waals surface area contributed by atoms with Crippen LogP contribution in [0.15, 0.2) is 51.7 Å². The number of benzene rings is 1. The van der Waals surface area contributed by atoms with E-state index in [1.165, 1.54) is 6.07 Å². The molecule has 3 rings (SSSR count). The van der Waals surface area contributed by atoms with Gasteiger partial charge >= 0.3 is 0 Å². The van der Waals surface area contributed by atoms with Crippen molar-refractivity contribution < 1.29 is 8.91 Å². The lowest BCUT2D eigenvalue weighted by atomic mass is 10.0. The Labute approximate surface area is 122 Å². The van der Waals surface area contributed by atoms with E-state index in [1.807, 2.05) is 12.1 Å². The Kier molecular flexibility index (Phi) is 3.23. The van der Waals surface area contributed by atoms with Crippen molar-refractivity contribution in [3.63, 3.8) is 0 Å². The maximum Gasteiger partial charge on any atom is 0.176 e. The third kappa shape index (κ3) is 2.18. The Bertz CT molecular complexity index is 758. The molecule has 0 spiro atoms. The zero-order chi connectivity index (χ0) is 14.1. The summed E-state index contributed by atoms with van der Waals surface area (Å²) in [6, 6.07) is 8.22. The number of rotatable bonds is 2. The fraction of sp³-hybridized carbons (Fsp3) is 0. The number of hydrogen-bond acceptors (Lipinski definition) is 4. The molecule has 0 aliphatic carbocycles. The smallest absolute Gasteiger partial charge is 0.176 e. The van der Waals surface area contributed by atoms with Crippen LogP contribution in [0.2, 0.25) is 0 Å². The summed E-state index contributed by atoms with van der Waals surface area (Å²) in [6.07, 6.45) is 3.32. The second-order valence-corrected chi connectivity index (χ2v) is 4.99. The molecular weight excluding hydrogens is 325 g/mol. The minimum absolute atomic E-state index is 0.284. The topological polar surface area (TPSA) is 64.9 Å². The molecule has 0 amide bonds. The van der Waals surface area contributed by atoms with E-state index in [0.717, 1.165) is 5.56 Å². The summed E-state index contributed by atoms with van der Waals surface area (Å²) in [5.74, 6) is 0.438. The number of halogens is 2. The van der Waals surface area contributed by atoms with E-state index in [2.05, 4.69) is 26.1 Å². The van der Waals surface area contributed by atoms with Crippen LogP contribution in [0.25, 0.3) is 22.5 Å². The lowest BCUT2D eigenvalue weighted by Crippen LogP contribution is -1.89. The highest BCUT2D eigenvalue weighted by Crippen LogP contribution is 2.37. The molecule has 20 heavy (non-hydrogen) atoms. The normalized spacial score (nSPS) is 10.7. The minimum Gasteiger partial charge on any atom is -0.380 e. The minimum atomic E-state index is -0.341. The Hall–Kier alpha value is -2.21. The SMILES string of the molecule is Nc1noc(-c2ccc(F)c(Br)c2)c1-c1ccncc1. The first kappa shape index (κ1) is 12.8. The Morgan fingerprint density at radius 2 is 1.85 bits per heavy atom. The maximum absolute atomic E-state index is 13.3. The van der Waals surface area contributed by atoms with E-state index in [-0.39, 0.29) is 11.6 Å². The number of nitrogens with zero attached hydrogens (tertiary/aromatic N) is 2. The molecule has 0 saturated heterocycles. The summed E-state index contributed by atoms with van der Waals surface area (Å²) in [5.41, 5.74) is 8.07. The van der Waals surface area contributed by atoms with Gasteiger partial charge in [0.25, 0.3) is 0 Å². The van der Waals surface area contributed by atoms with Crippen molar-refractivity contribution in [1.29, 1.82) is 0 Å². The highest BCUT2D eigenvalue weighted by Gasteiger charge is 2.18. The predicted molar refractivity (Wildman–Crippen MR) is 77.2 cm³/mol. The van der Waals surface area contributed by atoms with Crippen LogP contribution in [-0.4, -0.2) is 10.1 Å². The highest BCUT2D eigenvalue weighted by molar-refractivity contribution is 9.10. The molecule has 6 heteroatoms. The average molecular weight is 334 g/mol. The van der Waals surface area contributed by atoms with Gasteiger partial charge < -0.3 is 10.3 Å². The molecule has 1 aromatic carbocycles. The maximum atomic E-state index is 13.3. The second-order valence-electron chi connectivity index (χ2n) is 4.14. The monoisotopic (exact) mass is 333 g/mol. The van der Waals surface area contributed by atoms with Crippen LogP contribution in [0.1, 0.15) is 0 Å². The van der Waals surface area contributed by atoms with Crippen molar-refractivity contribution in [2.24, 2.45) is 0 Å². The molecule has 2 heterocycles. The van der Waals surface area contributed by atoms with E-state index in [9.17, 15) is 4.39 Å². The number of anilines is 1. The lowest BCUT2D eigenvalue weighted by molar-refractivity contribution is 0.436. The second kappa shape index (κ2) is 5.05. The quantitative estimate of drug-likeness (QED) is 0.772. The predicted octanol–water partition coefficient (Wildman–Crippen LogP) is 3.89. The summed E-state index contributed by atoms with van der Waals surface area (Å²) >= 11 is 3.15. The zero-order valence-electron chi connectivity index (χ0n) is 10.2. The van der Waals surface area contributed by atoms with Gasteiger partial charge in [0, 0.05) is 18.0 Å². The van der Waals surface area contributed by atoms with Gasteiger partial charge in [-0.15, -0.1) is 0 Å². The van der Waals surface area contributed by atoms with Crippen molar-refractivity contribution >= 4 is 21.7 Å². The fourth-order valence-corrected chi connectivity index (χ4v) is 2.31. The molecule has 2 N–H and O–H groups in total. The van der Waals surface area contributed by atoms with Crippen molar-refractivity contribution in [2.75, 3.05) is 5.73 Å². The molecule has 0 fully saturated rings. The van der Waals surface area contributed by atoms with E-state index in [1.54, 1.807) is 24.5 Å². The van der Waals surface area contributed by atoms with Gasteiger partial charge in [-0.3, -0.25) is 4.98 Å². The fourth-order valence-electron chi connectivity index (χ4n) is 1.93. The largest absolute Gasteiger partial charge is 0.380 e. The number of nitrogen functional groups attached to an aromatic ring is 1. The summed E-state index contributed by atoms with van der Waals surface area (Å²) in [7, 11) is 0. The van der Waals surface area contributed by atoms with Gasteiger partial charge in [-0.1, -0.05) is 5.16 Å². The molecule has 0 atom stereocenters. The van der Waals surface area contributed by atoms with Crippen LogP contribution in [0, 0.1) is 5.82 Å². The van der Waals surface area contributed by atoms with Crippen molar-refractivity contribution in [1.82, 2.24) is 10.1 Å². The van der Waals surface area contributed by atoms with Crippen molar-refractivity contribution in [3.05, 3.63) is 53.0 Å². The van der Waals surface area contributed by atoms with Gasteiger partial charge in [0.05, 0.1) is 10.0 Å². The van der Waals surface area contributed by atoms with E-state index < -0.39 is 0 Å². The number of nitrogens with two attached hydrogens (primary N) is 1. The first-order valence-electron chi connectivity index (χ1n) is 5.78. The van der Waals surface area contributed by atoms with E-state index in [4.69, 9.17) is 10.3 Å². The summed E-state index contributed by atoms with van der Waals surface area (Å²) in [4.78, 5) is 3.96. The van der Waals surface area contributed by atoms with Crippen LogP contribution in [0.4, 0.5) is 10.2 Å². The van der Waals surface area contributed by atoms with Crippen LogP contribution < -0.4 is 5.73 Å². The molecular formula is C14H9BrFN3O. The first-order valence-corrected chi connectivity index (χ1v) is 6.57. The van der Waals surface area contributed by atoms with Crippen molar-refractivity contribution in [3.8, 4) is 22.5 Å². The number of aromatic nitrogens is 2. The summed E-state index contributed by atoms with van der Waals surface area (Å²) in [6.45, 7) is 0. The standard InChI is InChI=1S/C14H9BrFN3O/c15-10-7-9(1-2-11(10)16)13-12(14(17)19-20-13)8-3-5-18-6-4-8/h1-7H,(H2,17,19). The van der Waals surface area contributed by atoms with E-state index in [0.29, 0.717) is 21.4 Å². The lowest BCUT2D eigenvalue weighted by Gasteiger charge is -2.03. The molecule has 2 aromatic heterocycles. The van der Waals surface area contributed by atoms with Crippen LogP contribution >= 0.6 is 15.9 Å². The third-order valence-corrected chi connectivity index (χ3v) is 3.48. The molecule has 0 aliphatic rings. The van der Waals surface area contributed by atoms with Crippen LogP contribution in [-0.2, 0) is 0 Å². The van der Waals surface area contributed by atoms with Crippen LogP contribution in [0.5, 0.6) is 0 Å². The number of pyridine rings is 1. The Morgan fingerprint density at radius 3 is 2.55 bits per heavy atom. The molecule has 4 nitrogen and oxygen atoms in total. The molecule has 3 aromatic rings. The molecule has 0 saturated carbocycles. The highest BCUT2D eigenvalue weighted by atomic mass is 79.9. The molecule has 0 aliphatic heterocycles. The molecule has 0 radical (unpaired) electrons. The van der Waals surface area contributed by atoms with Gasteiger partial charge in [-0.25, -0.2) is 4.39 Å². The molecule has 100 valence electrons. The average Bonchev–Trinajstić information content (AvgIpc) is 2.85. The molecule has 0 bridgehead atoms. The van der Waals surface area contributed by atoms with Gasteiger partial charge in [-0.05, 0) is 51.8 Å². The third-order valence-electron chi connectivity index (χ3n) is 2.87. The van der Waals surface area contributed by atoms with Crippen LogP contribution in [0.3, 0.4) is 0 Å². The number of hydrogen-bond donors (Lipinski definition) is 1. The van der Waals surface area contributed by atoms with Gasteiger partial charge in [0.15, 0.2) is 11.6 Å². The zero-order valence-corrected chi connectivity index (χ0v) is 11.8. The Balaban J connectivity index is 2.18. The van der Waals surface area contributed by atoms with E-state index >= 15 is 0 Å². The summed E-state index contributed by atoms with van der Waals surface area (Å²) < 4.78 is 19.0. The summed E-state index contributed by atoms with van der Waals surface area (Å²) in [5, 5.41) is 3.79. The van der Waals surface area contributed by atoms with Crippen molar-refractivity contribution in [2.45, 2.75) is 0 Å². The molecule has 0 unspecified atom stereocenters. The van der Waals surface area contributed by atoms with Gasteiger partial charge in [-0.2, -0.15) is 0 Å². The van der Waals surface area contributed by atoms with Gasteiger partial charge in [0.1, 0.15) is 5.82 Å². The Morgan fingerprint density at radius 1 is 1.10 bits per heavy atom.